The molecule has 0 radical (unpaired) electrons. The molecule has 0 aliphatic carbocycles. The van der Waals surface area contributed by atoms with Crippen molar-refractivity contribution in [1.29, 1.82) is 0 Å². The zero-order valence-electron chi connectivity index (χ0n) is 26.8. The normalized spacial score (nSPS) is 14.3. The van der Waals surface area contributed by atoms with Gasteiger partial charge in [0.25, 0.3) is 21.5 Å². The van der Waals surface area contributed by atoms with E-state index in [2.05, 4.69) is 5.32 Å². The predicted molar refractivity (Wildman–Crippen MR) is 176 cm³/mol. The van der Waals surface area contributed by atoms with Crippen LogP contribution in [0.5, 0.6) is 0 Å². The second-order valence-corrected chi connectivity index (χ2v) is 13.5. The van der Waals surface area contributed by atoms with Gasteiger partial charge in [0.05, 0.1) is 21.7 Å². The molecule has 1 amide bonds. The molecular formula is C34H34F2N4O8S. The first kappa shape index (κ1) is 35.2. The molecule has 1 fully saturated rings. The summed E-state index contributed by atoms with van der Waals surface area (Å²) in [6.45, 7) is 2.85. The van der Waals surface area contributed by atoms with E-state index in [1.165, 1.54) is 30.8 Å². The predicted octanol–water partition coefficient (Wildman–Crippen LogP) is 3.46. The number of hydrogen-bond acceptors (Lipinski definition) is 7. The van der Waals surface area contributed by atoms with E-state index in [0.29, 0.717) is 42.2 Å². The minimum Gasteiger partial charge on any atom is -0.480 e. The van der Waals surface area contributed by atoms with Crippen LogP contribution in [0.3, 0.4) is 0 Å². The molecule has 0 spiro atoms. The number of anilines is 1. The lowest BCUT2D eigenvalue weighted by Crippen LogP contribution is -2.42. The van der Waals surface area contributed by atoms with Crippen LogP contribution in [-0.4, -0.2) is 53.8 Å². The molecular weight excluding hydrogens is 662 g/mol. The molecule has 12 nitrogen and oxygen atoms in total. The van der Waals surface area contributed by atoms with E-state index in [-0.39, 0.29) is 22.8 Å². The Bertz CT molecular complexity index is 2140. The van der Waals surface area contributed by atoms with Crippen molar-refractivity contribution >= 4 is 27.6 Å². The van der Waals surface area contributed by atoms with Gasteiger partial charge in [-0.1, -0.05) is 36.4 Å². The lowest BCUT2D eigenvalue weighted by atomic mass is 9.92. The molecule has 2 heterocycles. The van der Waals surface area contributed by atoms with Crippen LogP contribution in [0.1, 0.15) is 45.9 Å². The number of carbonyl (C=O) groups excluding carboxylic acids is 1. The Kier molecular flexibility index (Phi) is 10.1. The third-order valence-electron chi connectivity index (χ3n) is 8.67. The maximum Gasteiger partial charge on any atom is 0.330 e. The van der Waals surface area contributed by atoms with Gasteiger partial charge in [-0.25, -0.2) is 26.8 Å². The first-order chi connectivity index (χ1) is 23.2. The summed E-state index contributed by atoms with van der Waals surface area (Å²) in [4.78, 5) is 49.7. The smallest absolute Gasteiger partial charge is 0.330 e. The number of aliphatic carboxylic acids is 1. The monoisotopic (exact) mass is 696 g/mol. The number of carbonyl (C=O) groups is 2. The Balaban J connectivity index is 1.29. The maximum absolute atomic E-state index is 15.1. The maximum atomic E-state index is 15.1. The van der Waals surface area contributed by atoms with E-state index in [4.69, 9.17) is 4.74 Å². The van der Waals surface area contributed by atoms with Gasteiger partial charge < -0.3 is 19.7 Å². The van der Waals surface area contributed by atoms with Gasteiger partial charge in [-0.2, -0.15) is 0 Å². The molecule has 15 heteroatoms. The molecule has 1 aromatic heterocycles. The number of hydrogen-bond donors (Lipinski definition) is 3. The fourth-order valence-electron chi connectivity index (χ4n) is 5.71. The quantitative estimate of drug-likeness (QED) is 0.227. The molecule has 4 aromatic rings. The zero-order chi connectivity index (χ0) is 35.6. The van der Waals surface area contributed by atoms with E-state index in [1.807, 2.05) is 4.72 Å². The van der Waals surface area contributed by atoms with Crippen molar-refractivity contribution < 1.29 is 36.6 Å². The number of sulfonamides is 1. The molecule has 0 bridgehead atoms. The largest absolute Gasteiger partial charge is 0.480 e. The van der Waals surface area contributed by atoms with E-state index >= 15 is 8.78 Å². The highest BCUT2D eigenvalue weighted by Crippen LogP contribution is 2.29. The zero-order valence-corrected chi connectivity index (χ0v) is 27.6. The number of benzene rings is 3. The summed E-state index contributed by atoms with van der Waals surface area (Å²) in [5, 5.41) is 12.0. The van der Waals surface area contributed by atoms with Crippen molar-refractivity contribution in [2.24, 2.45) is 14.1 Å². The minimum atomic E-state index is -4.32. The van der Waals surface area contributed by atoms with Gasteiger partial charge in [0.15, 0.2) is 0 Å². The van der Waals surface area contributed by atoms with Crippen LogP contribution >= 0.6 is 0 Å². The van der Waals surface area contributed by atoms with Gasteiger partial charge in [0.1, 0.15) is 17.7 Å². The van der Waals surface area contributed by atoms with Gasteiger partial charge >= 0.3 is 11.7 Å². The van der Waals surface area contributed by atoms with Crippen LogP contribution in [0.4, 0.5) is 14.5 Å². The van der Waals surface area contributed by atoms with E-state index in [0.717, 1.165) is 23.0 Å². The Morgan fingerprint density at radius 1 is 0.959 bits per heavy atom. The second kappa shape index (κ2) is 14.1. The van der Waals surface area contributed by atoms with Crippen LogP contribution in [0, 0.1) is 18.6 Å². The number of carboxylic acids is 1. The first-order valence-electron chi connectivity index (χ1n) is 15.3. The third-order valence-corrected chi connectivity index (χ3v) is 10.1. The molecule has 1 aliphatic rings. The van der Waals surface area contributed by atoms with Crippen molar-refractivity contribution in [3.63, 3.8) is 0 Å². The molecule has 1 saturated heterocycles. The summed E-state index contributed by atoms with van der Waals surface area (Å²) in [5.74, 6) is -4.99. The number of nitrogens with zero attached hydrogens (tertiary/aromatic N) is 2. The molecule has 1 unspecified atom stereocenters. The number of rotatable bonds is 10. The second-order valence-electron chi connectivity index (χ2n) is 11.8. The summed E-state index contributed by atoms with van der Waals surface area (Å²) >= 11 is 0. The number of ether oxygens (including phenoxy) is 1. The van der Waals surface area contributed by atoms with Crippen molar-refractivity contribution in [2.45, 2.75) is 43.0 Å². The first-order valence-corrected chi connectivity index (χ1v) is 16.8. The standard InChI is InChI=1S/C34H34F2N4O8S/c1-19-30(32(42)40(3)34(45)39(19)2)23-6-4-20(5-7-23)16-29(33(43)44)37-31(41)25-17-27(36)28(18-26(25)35)38-49(46,47)24-10-8-21(9-11-24)22-12-14-48-15-13-22/h4-11,17-18,22,29,38H,12-16H2,1-3H3,(H,37,41)(H,43,44). The van der Waals surface area contributed by atoms with Crippen LogP contribution in [0.2, 0.25) is 0 Å². The van der Waals surface area contributed by atoms with Gasteiger partial charge in [0, 0.05) is 45.5 Å². The molecule has 258 valence electrons. The van der Waals surface area contributed by atoms with Crippen LogP contribution < -0.4 is 21.3 Å². The third kappa shape index (κ3) is 7.47. The van der Waals surface area contributed by atoms with E-state index in [9.17, 15) is 32.7 Å². The van der Waals surface area contributed by atoms with Gasteiger partial charge in [0.2, 0.25) is 0 Å². The average Bonchev–Trinajstić information content (AvgIpc) is 3.08. The van der Waals surface area contributed by atoms with Crippen LogP contribution in [-0.2, 0) is 40.1 Å². The summed E-state index contributed by atoms with van der Waals surface area (Å²) in [5.41, 5.74) is 0.0238. The van der Waals surface area contributed by atoms with Crippen molar-refractivity contribution in [3.05, 3.63) is 116 Å². The number of aromatic nitrogens is 2. The van der Waals surface area contributed by atoms with Gasteiger partial charge in [-0.15, -0.1) is 0 Å². The van der Waals surface area contributed by atoms with Crippen molar-refractivity contribution in [3.8, 4) is 11.1 Å². The van der Waals surface area contributed by atoms with E-state index < -0.39 is 62.1 Å². The Hall–Kier alpha value is -5.15. The summed E-state index contributed by atoms with van der Waals surface area (Å²) in [6, 6.07) is 11.7. The molecule has 3 aromatic carbocycles. The fourth-order valence-corrected chi connectivity index (χ4v) is 6.77. The highest BCUT2D eigenvalue weighted by molar-refractivity contribution is 7.92. The Morgan fingerprint density at radius 2 is 1.59 bits per heavy atom. The highest BCUT2D eigenvalue weighted by atomic mass is 32.2. The number of halogens is 2. The summed E-state index contributed by atoms with van der Waals surface area (Å²) in [7, 11) is -1.43. The summed E-state index contributed by atoms with van der Waals surface area (Å²) < 4.78 is 65.7. The number of amides is 1. The molecule has 49 heavy (non-hydrogen) atoms. The molecule has 1 aliphatic heterocycles. The van der Waals surface area contributed by atoms with Gasteiger partial charge in [-0.3, -0.25) is 18.9 Å². The summed E-state index contributed by atoms with van der Waals surface area (Å²) in [6.07, 6.45) is 1.36. The molecule has 3 N–H and O–H groups in total. The molecule has 0 saturated carbocycles. The fraction of sp³-hybridized carbons (Fsp3) is 0.294. The van der Waals surface area contributed by atoms with Crippen LogP contribution in [0.15, 0.2) is 75.1 Å². The number of carboxylic acid groups (broad SMARTS) is 1. The minimum absolute atomic E-state index is 0.172. The number of nitrogens with one attached hydrogen (secondary N) is 2. The van der Waals surface area contributed by atoms with Crippen LogP contribution in [0.25, 0.3) is 11.1 Å². The van der Waals surface area contributed by atoms with Gasteiger partial charge in [-0.05, 0) is 60.6 Å². The van der Waals surface area contributed by atoms with Crippen molar-refractivity contribution in [1.82, 2.24) is 14.5 Å². The van der Waals surface area contributed by atoms with Crippen molar-refractivity contribution in [2.75, 3.05) is 17.9 Å². The lowest BCUT2D eigenvalue weighted by molar-refractivity contribution is -0.139. The Labute approximate surface area is 280 Å². The SMILES string of the molecule is Cc1c(-c2ccc(CC(NC(=O)c3cc(F)c(NS(=O)(=O)c4ccc(C5CCOCC5)cc4)cc3F)C(=O)O)cc2)c(=O)n(C)c(=O)n1C. The topological polar surface area (TPSA) is 166 Å². The highest BCUT2D eigenvalue weighted by Gasteiger charge is 2.26. The lowest BCUT2D eigenvalue weighted by Gasteiger charge is -2.22. The van der Waals surface area contributed by atoms with E-state index in [1.54, 1.807) is 43.3 Å². The molecule has 5 rings (SSSR count). The average molecular weight is 697 g/mol. The molecule has 1 atom stereocenters. The Morgan fingerprint density at radius 3 is 2.20 bits per heavy atom.